The number of imide groups is 1. The molecule has 1 aromatic carbocycles. The van der Waals surface area contributed by atoms with Gasteiger partial charge in [-0.15, -0.1) is 0 Å². The van der Waals surface area contributed by atoms with Gasteiger partial charge in [0, 0.05) is 18.2 Å². The van der Waals surface area contributed by atoms with E-state index < -0.39 is 35.3 Å². The van der Waals surface area contributed by atoms with Gasteiger partial charge in [0.25, 0.3) is 0 Å². The van der Waals surface area contributed by atoms with Gasteiger partial charge in [0.2, 0.25) is 11.8 Å². The zero-order valence-corrected chi connectivity index (χ0v) is 19.4. The fourth-order valence-corrected chi connectivity index (χ4v) is 6.14. The number of carboxylic acid groups (broad SMARTS) is 1. The summed E-state index contributed by atoms with van der Waals surface area (Å²) in [5.74, 6) is -3.48. The molecule has 2 heterocycles. The summed E-state index contributed by atoms with van der Waals surface area (Å²) in [7, 11) is 1.44. The molecule has 0 radical (unpaired) electrons. The van der Waals surface area contributed by atoms with Gasteiger partial charge in [0.1, 0.15) is 5.54 Å². The van der Waals surface area contributed by atoms with E-state index in [0.29, 0.717) is 18.4 Å². The van der Waals surface area contributed by atoms with Gasteiger partial charge in [-0.05, 0) is 24.8 Å². The van der Waals surface area contributed by atoms with E-state index in [0.717, 1.165) is 38.5 Å². The lowest BCUT2D eigenvalue weighted by atomic mass is 9.72. The van der Waals surface area contributed by atoms with Crippen molar-refractivity contribution in [2.45, 2.75) is 69.9 Å². The Balaban J connectivity index is 1.80. The Labute approximate surface area is 194 Å². The van der Waals surface area contributed by atoms with Crippen LogP contribution in [0.4, 0.5) is 0 Å². The Morgan fingerprint density at radius 3 is 2.58 bits per heavy atom. The summed E-state index contributed by atoms with van der Waals surface area (Å²) in [6, 6.07) is 4.17. The third-order valence-electron chi connectivity index (χ3n) is 7.78. The molecule has 2 aliphatic heterocycles. The number of carbonyl (C=O) groups is 3. The SMILES string of the molecule is CCCCN1C(=O)C2C(c3cccc(OC)c3O)NC(CC3CCCCC3)(C(=O)O)C2C1=O. The van der Waals surface area contributed by atoms with E-state index in [1.54, 1.807) is 18.2 Å². The molecule has 0 bridgehead atoms. The Hall–Kier alpha value is -2.61. The van der Waals surface area contributed by atoms with Crippen molar-refractivity contribution in [3.05, 3.63) is 23.8 Å². The van der Waals surface area contributed by atoms with Crippen LogP contribution in [0, 0.1) is 17.8 Å². The Morgan fingerprint density at radius 1 is 1.21 bits per heavy atom. The Bertz CT molecular complexity index is 927. The molecule has 8 nitrogen and oxygen atoms in total. The Morgan fingerprint density at radius 2 is 1.94 bits per heavy atom. The summed E-state index contributed by atoms with van der Waals surface area (Å²) >= 11 is 0. The molecule has 33 heavy (non-hydrogen) atoms. The second-order valence-corrected chi connectivity index (χ2v) is 9.69. The van der Waals surface area contributed by atoms with Crippen molar-refractivity contribution in [3.63, 3.8) is 0 Å². The first kappa shape index (κ1) is 23.5. The van der Waals surface area contributed by atoms with Gasteiger partial charge < -0.3 is 14.9 Å². The highest BCUT2D eigenvalue weighted by Gasteiger charge is 2.68. The third-order valence-corrected chi connectivity index (χ3v) is 7.78. The van der Waals surface area contributed by atoms with Gasteiger partial charge in [0.15, 0.2) is 11.5 Å². The molecule has 4 atom stereocenters. The lowest BCUT2D eigenvalue weighted by molar-refractivity contribution is -0.152. The van der Waals surface area contributed by atoms with Crippen molar-refractivity contribution in [1.29, 1.82) is 0 Å². The molecule has 0 aromatic heterocycles. The number of phenolic OH excluding ortho intramolecular Hbond substituents is 1. The number of nitrogens with one attached hydrogen (secondary N) is 1. The van der Waals surface area contributed by atoms with E-state index >= 15 is 0 Å². The number of fused-ring (bicyclic) bond motifs is 1. The summed E-state index contributed by atoms with van der Waals surface area (Å²) < 4.78 is 5.24. The maximum absolute atomic E-state index is 13.6. The first-order chi connectivity index (χ1) is 15.9. The summed E-state index contributed by atoms with van der Waals surface area (Å²) in [5, 5.41) is 24.6. The number of ether oxygens (including phenoxy) is 1. The van der Waals surface area contributed by atoms with Crippen LogP contribution in [0.2, 0.25) is 0 Å². The molecule has 1 aliphatic carbocycles. The minimum atomic E-state index is -1.55. The number of rotatable bonds is 8. The second kappa shape index (κ2) is 9.33. The predicted octanol–water partition coefficient (Wildman–Crippen LogP) is 3.24. The molecule has 3 aliphatic rings. The van der Waals surface area contributed by atoms with Gasteiger partial charge in [0.05, 0.1) is 18.9 Å². The fraction of sp³-hybridized carbons (Fsp3) is 0.640. The summed E-state index contributed by atoms with van der Waals surface area (Å²) in [5.41, 5.74) is -1.17. The molecule has 3 N–H and O–H groups in total. The van der Waals surface area contributed by atoms with Gasteiger partial charge in [-0.1, -0.05) is 57.6 Å². The largest absolute Gasteiger partial charge is 0.504 e. The monoisotopic (exact) mass is 458 g/mol. The number of methoxy groups -OCH3 is 1. The van der Waals surface area contributed by atoms with Crippen LogP contribution in [0.3, 0.4) is 0 Å². The van der Waals surface area contributed by atoms with Gasteiger partial charge in [-0.3, -0.25) is 24.6 Å². The standard InChI is InChI=1S/C25H34N2O6/c1-3-4-13-27-22(29)18-19(23(27)30)25(24(31)32,14-15-9-6-5-7-10-15)26-20(18)16-11-8-12-17(33-2)21(16)28/h8,11-12,15,18-20,26,28H,3-7,9-10,13-14H2,1-2H3,(H,31,32). The van der Waals surface area contributed by atoms with E-state index in [-0.39, 0.29) is 29.9 Å². The van der Waals surface area contributed by atoms with Gasteiger partial charge in [-0.2, -0.15) is 0 Å². The van der Waals surface area contributed by atoms with E-state index in [4.69, 9.17) is 4.74 Å². The number of hydrogen-bond donors (Lipinski definition) is 3. The van der Waals surface area contributed by atoms with E-state index in [2.05, 4.69) is 5.32 Å². The molecule has 3 fully saturated rings. The second-order valence-electron chi connectivity index (χ2n) is 9.69. The molecule has 2 saturated heterocycles. The molecule has 4 unspecified atom stereocenters. The van der Waals surface area contributed by atoms with Crippen LogP contribution >= 0.6 is 0 Å². The molecule has 0 spiro atoms. The average Bonchev–Trinajstić information content (AvgIpc) is 3.27. The van der Waals surface area contributed by atoms with Crippen molar-refractivity contribution in [2.75, 3.05) is 13.7 Å². The van der Waals surface area contributed by atoms with Crippen LogP contribution in [0.25, 0.3) is 0 Å². The van der Waals surface area contributed by atoms with Crippen molar-refractivity contribution in [3.8, 4) is 11.5 Å². The predicted molar refractivity (Wildman–Crippen MR) is 121 cm³/mol. The molecule has 1 saturated carbocycles. The normalized spacial score (nSPS) is 30.0. The number of hydrogen-bond acceptors (Lipinski definition) is 6. The molecule has 8 heteroatoms. The van der Waals surface area contributed by atoms with Gasteiger partial charge in [-0.25, -0.2) is 0 Å². The number of aromatic hydroxyl groups is 1. The number of aliphatic carboxylic acids is 1. The number of carboxylic acids is 1. The molecular formula is C25H34N2O6. The Kier molecular flexibility index (Phi) is 6.66. The van der Waals surface area contributed by atoms with E-state index in [9.17, 15) is 24.6 Å². The number of unbranched alkanes of at least 4 members (excludes halogenated alkanes) is 1. The van der Waals surface area contributed by atoms with Crippen molar-refractivity contribution >= 4 is 17.8 Å². The molecule has 180 valence electrons. The summed E-state index contributed by atoms with van der Waals surface area (Å²) in [6.45, 7) is 2.27. The summed E-state index contributed by atoms with van der Waals surface area (Å²) in [4.78, 5) is 41.2. The highest BCUT2D eigenvalue weighted by Crippen LogP contribution is 2.53. The number of para-hydroxylation sites is 1. The number of carbonyl (C=O) groups excluding carboxylic acids is 2. The zero-order valence-electron chi connectivity index (χ0n) is 19.4. The van der Waals surface area contributed by atoms with E-state index in [1.807, 2.05) is 6.92 Å². The first-order valence-corrected chi connectivity index (χ1v) is 12.1. The van der Waals surface area contributed by atoms with Crippen LogP contribution in [-0.4, -0.2) is 52.1 Å². The smallest absolute Gasteiger partial charge is 0.324 e. The van der Waals surface area contributed by atoms with Crippen LogP contribution in [0.5, 0.6) is 11.5 Å². The van der Waals surface area contributed by atoms with Crippen molar-refractivity contribution in [1.82, 2.24) is 10.2 Å². The highest BCUT2D eigenvalue weighted by molar-refractivity contribution is 6.09. The van der Waals surface area contributed by atoms with Crippen molar-refractivity contribution in [2.24, 2.45) is 17.8 Å². The van der Waals surface area contributed by atoms with Crippen LogP contribution in [0.1, 0.15) is 69.9 Å². The fourth-order valence-electron chi connectivity index (χ4n) is 6.14. The lowest BCUT2D eigenvalue weighted by Gasteiger charge is -2.35. The van der Waals surface area contributed by atoms with E-state index in [1.165, 1.54) is 12.0 Å². The lowest BCUT2D eigenvalue weighted by Crippen LogP contribution is -2.56. The topological polar surface area (TPSA) is 116 Å². The number of benzene rings is 1. The molecule has 1 aromatic rings. The van der Waals surface area contributed by atoms with Crippen LogP contribution in [-0.2, 0) is 14.4 Å². The third kappa shape index (κ3) is 3.88. The maximum Gasteiger partial charge on any atom is 0.324 e. The number of nitrogens with zero attached hydrogens (tertiary/aromatic N) is 1. The van der Waals surface area contributed by atoms with Gasteiger partial charge >= 0.3 is 5.97 Å². The average molecular weight is 459 g/mol. The quantitative estimate of drug-likeness (QED) is 0.512. The number of likely N-dealkylation sites (tertiary alicyclic amines) is 1. The molecule has 4 rings (SSSR count). The first-order valence-electron chi connectivity index (χ1n) is 12.1. The van der Waals surface area contributed by atoms with Crippen molar-refractivity contribution < 1.29 is 29.3 Å². The highest BCUT2D eigenvalue weighted by atomic mass is 16.5. The minimum Gasteiger partial charge on any atom is -0.504 e. The van der Waals surface area contributed by atoms with Crippen LogP contribution < -0.4 is 10.1 Å². The molecular weight excluding hydrogens is 424 g/mol. The number of phenols is 1. The maximum atomic E-state index is 13.6. The number of amides is 2. The summed E-state index contributed by atoms with van der Waals surface area (Å²) in [6.07, 6.45) is 6.85. The minimum absolute atomic E-state index is 0.137. The zero-order chi connectivity index (χ0) is 23.8. The van der Waals surface area contributed by atoms with Crippen LogP contribution in [0.15, 0.2) is 18.2 Å². The molecule has 2 amide bonds.